The standard InChI is InChI=1S/C30H26F4/c1-3-5-19-7-10-21(11-8-19)22-12-14-24(28(32)18-22)26-16-15-25(29(33)30(26)34)23-13-9-20(6-4-2)17-27(23)31/h7-18H,3-6H2,1-2H3. The SMILES string of the molecule is CCCc1ccc(-c2ccc(-c3ccc(-c4ccc(CCC)cc4F)c(F)c3F)c(F)c2)cc1. The quantitative estimate of drug-likeness (QED) is 0.240. The third-order valence-corrected chi connectivity index (χ3v) is 6.03. The van der Waals surface area contributed by atoms with Crippen LogP contribution in [-0.2, 0) is 12.8 Å². The van der Waals surface area contributed by atoms with Crippen molar-refractivity contribution < 1.29 is 17.6 Å². The molecule has 0 amide bonds. The zero-order valence-electron chi connectivity index (χ0n) is 19.3. The predicted molar refractivity (Wildman–Crippen MR) is 131 cm³/mol. The van der Waals surface area contributed by atoms with Crippen LogP contribution < -0.4 is 0 Å². The molecule has 0 heterocycles. The first-order chi connectivity index (χ1) is 16.4. The highest BCUT2D eigenvalue weighted by Gasteiger charge is 2.20. The minimum absolute atomic E-state index is 0.0230. The Balaban J connectivity index is 1.67. The van der Waals surface area contributed by atoms with Gasteiger partial charge in [0.05, 0.1) is 0 Å². The summed E-state index contributed by atoms with van der Waals surface area (Å²) in [6, 6.07) is 19.4. The molecule has 4 aromatic carbocycles. The molecule has 0 bridgehead atoms. The summed E-state index contributed by atoms with van der Waals surface area (Å²) in [5.74, 6) is -3.67. The molecule has 0 radical (unpaired) electrons. The van der Waals surface area contributed by atoms with Crippen molar-refractivity contribution in [3.05, 3.63) is 107 Å². The molecule has 4 aromatic rings. The summed E-state index contributed by atoms with van der Waals surface area (Å²) in [6.07, 6.45) is 3.57. The van der Waals surface area contributed by atoms with Crippen LogP contribution in [0.4, 0.5) is 17.6 Å². The largest absolute Gasteiger partial charge is 0.206 e. The van der Waals surface area contributed by atoms with Gasteiger partial charge in [0, 0.05) is 22.3 Å². The highest BCUT2D eigenvalue weighted by Crippen LogP contribution is 2.35. The zero-order valence-corrected chi connectivity index (χ0v) is 19.3. The van der Waals surface area contributed by atoms with Crippen molar-refractivity contribution in [1.82, 2.24) is 0 Å². The molecule has 0 atom stereocenters. The topological polar surface area (TPSA) is 0 Å². The van der Waals surface area contributed by atoms with Gasteiger partial charge in [0.1, 0.15) is 11.6 Å². The lowest BCUT2D eigenvalue weighted by Gasteiger charge is -2.12. The summed E-state index contributed by atoms with van der Waals surface area (Å²) in [4.78, 5) is 0. The Bertz CT molecular complexity index is 1310. The van der Waals surface area contributed by atoms with E-state index in [2.05, 4.69) is 6.92 Å². The monoisotopic (exact) mass is 462 g/mol. The second-order valence-electron chi connectivity index (χ2n) is 8.49. The molecular weight excluding hydrogens is 436 g/mol. The van der Waals surface area contributed by atoms with E-state index in [1.807, 2.05) is 31.2 Å². The summed E-state index contributed by atoms with van der Waals surface area (Å²) in [5.41, 5.74) is 3.03. The van der Waals surface area contributed by atoms with Gasteiger partial charge in [0.15, 0.2) is 11.6 Å². The van der Waals surface area contributed by atoms with E-state index in [1.54, 1.807) is 12.1 Å². The van der Waals surface area contributed by atoms with Crippen molar-refractivity contribution in [3.8, 4) is 33.4 Å². The Labute approximate surface area is 197 Å². The molecule has 0 fully saturated rings. The highest BCUT2D eigenvalue weighted by molar-refractivity contribution is 5.75. The van der Waals surface area contributed by atoms with Crippen LogP contribution in [0.5, 0.6) is 0 Å². The van der Waals surface area contributed by atoms with E-state index in [1.165, 1.54) is 42.0 Å². The lowest BCUT2D eigenvalue weighted by molar-refractivity contribution is 0.511. The van der Waals surface area contributed by atoms with E-state index >= 15 is 4.39 Å². The van der Waals surface area contributed by atoms with Gasteiger partial charge in [-0.2, -0.15) is 0 Å². The van der Waals surface area contributed by atoms with Crippen LogP contribution in [-0.4, -0.2) is 0 Å². The van der Waals surface area contributed by atoms with Gasteiger partial charge in [0.2, 0.25) is 0 Å². The van der Waals surface area contributed by atoms with Gasteiger partial charge < -0.3 is 0 Å². The Morgan fingerprint density at radius 3 is 1.44 bits per heavy atom. The van der Waals surface area contributed by atoms with Crippen molar-refractivity contribution >= 4 is 0 Å². The van der Waals surface area contributed by atoms with E-state index < -0.39 is 23.3 Å². The first kappa shape index (κ1) is 23.7. The van der Waals surface area contributed by atoms with Crippen LogP contribution in [0.25, 0.3) is 33.4 Å². The van der Waals surface area contributed by atoms with Crippen LogP contribution in [0, 0.1) is 23.3 Å². The minimum atomic E-state index is -1.20. The van der Waals surface area contributed by atoms with E-state index in [0.717, 1.165) is 30.4 Å². The molecule has 0 N–H and O–H groups in total. The molecule has 0 nitrogen and oxygen atoms in total. The number of hydrogen-bond donors (Lipinski definition) is 0. The molecule has 0 saturated carbocycles. The van der Waals surface area contributed by atoms with Gasteiger partial charge in [-0.15, -0.1) is 0 Å². The summed E-state index contributed by atoms with van der Waals surface area (Å²) in [7, 11) is 0. The Kier molecular flexibility index (Phi) is 7.16. The van der Waals surface area contributed by atoms with Crippen LogP contribution >= 0.6 is 0 Å². The molecule has 0 aromatic heterocycles. The normalized spacial score (nSPS) is 11.1. The van der Waals surface area contributed by atoms with Gasteiger partial charge in [-0.05, 0) is 47.2 Å². The number of benzene rings is 4. The van der Waals surface area contributed by atoms with Gasteiger partial charge >= 0.3 is 0 Å². The van der Waals surface area contributed by atoms with Gasteiger partial charge in [-0.25, -0.2) is 17.6 Å². The summed E-state index contributed by atoms with van der Waals surface area (Å²) >= 11 is 0. The molecule has 0 spiro atoms. The Morgan fingerprint density at radius 2 is 0.912 bits per heavy atom. The molecule has 4 heteroatoms. The fourth-order valence-electron chi connectivity index (χ4n) is 4.25. The van der Waals surface area contributed by atoms with Crippen molar-refractivity contribution in [3.63, 3.8) is 0 Å². The number of halogens is 4. The molecule has 0 aliphatic heterocycles. The first-order valence-corrected chi connectivity index (χ1v) is 11.6. The van der Waals surface area contributed by atoms with E-state index in [9.17, 15) is 13.2 Å². The van der Waals surface area contributed by atoms with Crippen molar-refractivity contribution in [2.45, 2.75) is 39.5 Å². The van der Waals surface area contributed by atoms with E-state index in [-0.39, 0.29) is 22.3 Å². The number of hydrogen-bond acceptors (Lipinski definition) is 0. The molecule has 174 valence electrons. The molecule has 0 aliphatic rings. The second-order valence-corrected chi connectivity index (χ2v) is 8.49. The molecule has 4 rings (SSSR count). The first-order valence-electron chi connectivity index (χ1n) is 11.6. The van der Waals surface area contributed by atoms with Gasteiger partial charge in [0.25, 0.3) is 0 Å². The third kappa shape index (κ3) is 4.77. The van der Waals surface area contributed by atoms with E-state index in [0.29, 0.717) is 12.0 Å². The second kappa shape index (κ2) is 10.3. The minimum Gasteiger partial charge on any atom is -0.206 e. The lowest BCUT2D eigenvalue weighted by Crippen LogP contribution is -1.98. The van der Waals surface area contributed by atoms with Crippen molar-refractivity contribution in [2.75, 3.05) is 0 Å². The summed E-state index contributed by atoms with van der Waals surface area (Å²) < 4.78 is 59.6. The maximum atomic E-state index is 15.0. The maximum Gasteiger partial charge on any atom is 0.167 e. The summed E-state index contributed by atoms with van der Waals surface area (Å²) in [5, 5.41) is 0. The maximum absolute atomic E-state index is 15.0. The molecule has 0 unspecified atom stereocenters. The van der Waals surface area contributed by atoms with Crippen molar-refractivity contribution in [2.24, 2.45) is 0 Å². The van der Waals surface area contributed by atoms with Gasteiger partial charge in [-0.1, -0.05) is 87.4 Å². The van der Waals surface area contributed by atoms with E-state index in [4.69, 9.17) is 0 Å². The lowest BCUT2D eigenvalue weighted by atomic mass is 9.95. The van der Waals surface area contributed by atoms with Gasteiger partial charge in [-0.3, -0.25) is 0 Å². The highest BCUT2D eigenvalue weighted by atomic mass is 19.2. The Morgan fingerprint density at radius 1 is 0.471 bits per heavy atom. The average molecular weight is 463 g/mol. The fourth-order valence-corrected chi connectivity index (χ4v) is 4.25. The third-order valence-electron chi connectivity index (χ3n) is 6.03. The van der Waals surface area contributed by atoms with Crippen LogP contribution in [0.2, 0.25) is 0 Å². The Hall–Kier alpha value is -3.40. The van der Waals surface area contributed by atoms with Crippen LogP contribution in [0.3, 0.4) is 0 Å². The molecule has 0 saturated heterocycles. The predicted octanol–water partition coefficient (Wildman–Crippen LogP) is 9.15. The van der Waals surface area contributed by atoms with Crippen LogP contribution in [0.1, 0.15) is 37.8 Å². The molecular formula is C30H26F4. The van der Waals surface area contributed by atoms with Crippen LogP contribution in [0.15, 0.2) is 72.8 Å². The smallest absolute Gasteiger partial charge is 0.167 e. The number of rotatable bonds is 7. The average Bonchev–Trinajstić information content (AvgIpc) is 2.83. The number of aryl methyl sites for hydroxylation is 2. The fraction of sp³-hybridized carbons (Fsp3) is 0.200. The molecule has 0 aliphatic carbocycles. The zero-order chi connectivity index (χ0) is 24.2. The molecule has 34 heavy (non-hydrogen) atoms. The van der Waals surface area contributed by atoms with Crippen molar-refractivity contribution in [1.29, 1.82) is 0 Å². The summed E-state index contributed by atoms with van der Waals surface area (Å²) in [6.45, 7) is 4.09.